The highest BCUT2D eigenvalue weighted by Crippen LogP contribution is 2.44. The first kappa shape index (κ1) is 22.6. The number of benzene rings is 2. The van der Waals surface area contributed by atoms with Gasteiger partial charge in [0.25, 0.3) is 5.91 Å². The van der Waals surface area contributed by atoms with Gasteiger partial charge in [-0.05, 0) is 45.1 Å². The number of carbonyl (C=O) groups is 2. The molecule has 6 nitrogen and oxygen atoms in total. The highest BCUT2D eigenvalue weighted by atomic mass is 32.1. The van der Waals surface area contributed by atoms with E-state index in [4.69, 9.17) is 4.74 Å². The number of hydrogen-bond acceptors (Lipinski definition) is 5. The number of amides is 2. The molecule has 176 valence electrons. The maximum atomic E-state index is 12.9. The molecule has 3 aromatic rings. The van der Waals surface area contributed by atoms with Crippen molar-refractivity contribution in [3.05, 3.63) is 77.3 Å². The molecule has 1 aliphatic carbocycles. The topological polar surface area (TPSA) is 71.5 Å². The summed E-state index contributed by atoms with van der Waals surface area (Å²) in [5, 5.41) is 5.81. The van der Waals surface area contributed by atoms with Gasteiger partial charge in [0.1, 0.15) is 16.3 Å². The Morgan fingerprint density at radius 2 is 1.68 bits per heavy atom. The average molecular weight is 476 g/mol. The molecule has 34 heavy (non-hydrogen) atoms. The molecule has 1 saturated heterocycles. The molecule has 2 heterocycles. The number of thiazole rings is 1. The van der Waals surface area contributed by atoms with Crippen LogP contribution in [0.15, 0.2) is 66.0 Å². The largest absolute Gasteiger partial charge is 0.441 e. The van der Waals surface area contributed by atoms with Crippen molar-refractivity contribution in [1.82, 2.24) is 15.2 Å². The number of ether oxygens (including phenoxy) is 1. The Hall–Kier alpha value is -3.19. The van der Waals surface area contributed by atoms with Gasteiger partial charge < -0.3 is 10.1 Å². The number of rotatable bonds is 5. The first-order chi connectivity index (χ1) is 16.4. The number of carbonyl (C=O) groups excluding carboxylic acids is 2. The lowest BCUT2D eigenvalue weighted by atomic mass is 9.86. The molecule has 2 fully saturated rings. The van der Waals surface area contributed by atoms with Crippen molar-refractivity contribution in [1.29, 1.82) is 0 Å². The van der Waals surface area contributed by atoms with E-state index in [0.29, 0.717) is 5.69 Å². The Labute approximate surface area is 204 Å². The van der Waals surface area contributed by atoms with Crippen molar-refractivity contribution < 1.29 is 14.3 Å². The van der Waals surface area contributed by atoms with Crippen LogP contribution in [0.3, 0.4) is 0 Å². The smallest absolute Gasteiger partial charge is 0.411 e. The molecule has 1 aliphatic heterocycles. The number of aromatic nitrogens is 1. The van der Waals surface area contributed by atoms with Crippen LogP contribution in [0.25, 0.3) is 10.6 Å². The van der Waals surface area contributed by atoms with Crippen molar-refractivity contribution in [3.8, 4) is 10.6 Å². The van der Waals surface area contributed by atoms with Gasteiger partial charge in [-0.2, -0.15) is 0 Å². The predicted octanol–water partition coefficient (Wildman–Crippen LogP) is 5.82. The fourth-order valence-corrected chi connectivity index (χ4v) is 5.99. The molecule has 0 spiro atoms. The summed E-state index contributed by atoms with van der Waals surface area (Å²) in [5.74, 6) is -0.134. The first-order valence-corrected chi connectivity index (χ1v) is 12.7. The van der Waals surface area contributed by atoms with Crippen LogP contribution in [0.1, 0.15) is 61.6 Å². The summed E-state index contributed by atoms with van der Waals surface area (Å²) in [6.07, 6.45) is 3.04. The summed E-state index contributed by atoms with van der Waals surface area (Å²) < 4.78 is 5.78. The van der Waals surface area contributed by atoms with E-state index in [9.17, 15) is 9.59 Å². The van der Waals surface area contributed by atoms with Gasteiger partial charge in [0.15, 0.2) is 0 Å². The van der Waals surface area contributed by atoms with Crippen LogP contribution in [0.5, 0.6) is 0 Å². The molecular formula is C27H29N3O3S. The molecule has 1 aromatic heterocycles. The summed E-state index contributed by atoms with van der Waals surface area (Å²) in [4.78, 5) is 32.1. The second-order valence-corrected chi connectivity index (χ2v) is 10.4. The highest BCUT2D eigenvalue weighted by Gasteiger charge is 2.51. The Morgan fingerprint density at radius 3 is 2.35 bits per heavy atom. The van der Waals surface area contributed by atoms with Crippen molar-refractivity contribution >= 4 is 23.3 Å². The van der Waals surface area contributed by atoms with Crippen LogP contribution < -0.4 is 5.32 Å². The van der Waals surface area contributed by atoms with E-state index in [1.165, 1.54) is 11.3 Å². The lowest BCUT2D eigenvalue weighted by Crippen LogP contribution is -2.46. The molecule has 5 rings (SSSR count). The Kier molecular flexibility index (Phi) is 6.13. The predicted molar refractivity (Wildman–Crippen MR) is 133 cm³/mol. The van der Waals surface area contributed by atoms with Gasteiger partial charge in [-0.1, -0.05) is 60.7 Å². The number of nitrogens with one attached hydrogen (secondary N) is 1. The summed E-state index contributed by atoms with van der Waals surface area (Å²) in [7, 11) is 0. The highest BCUT2D eigenvalue weighted by molar-refractivity contribution is 7.13. The van der Waals surface area contributed by atoms with E-state index in [0.717, 1.165) is 41.8 Å². The van der Waals surface area contributed by atoms with Gasteiger partial charge >= 0.3 is 6.09 Å². The molecule has 2 aliphatic rings. The van der Waals surface area contributed by atoms with Crippen LogP contribution >= 0.6 is 11.3 Å². The molecule has 0 bridgehead atoms. The van der Waals surface area contributed by atoms with Gasteiger partial charge in [-0.3, -0.25) is 9.69 Å². The van der Waals surface area contributed by atoms with E-state index >= 15 is 0 Å². The second-order valence-electron chi connectivity index (χ2n) is 9.57. The summed E-state index contributed by atoms with van der Waals surface area (Å²) in [6, 6.07) is 20.0. The van der Waals surface area contributed by atoms with Crippen LogP contribution in [0.4, 0.5) is 4.79 Å². The second kappa shape index (κ2) is 9.22. The van der Waals surface area contributed by atoms with Gasteiger partial charge in [0.05, 0.1) is 6.04 Å². The minimum absolute atomic E-state index is 0.0763. The Morgan fingerprint density at radius 1 is 1.03 bits per heavy atom. The lowest BCUT2D eigenvalue weighted by molar-refractivity contribution is 0.0663. The van der Waals surface area contributed by atoms with Crippen LogP contribution in [0, 0.1) is 0 Å². The fraction of sp³-hybridized carbons (Fsp3) is 0.370. The third-order valence-corrected chi connectivity index (χ3v) is 7.69. The van der Waals surface area contributed by atoms with E-state index in [2.05, 4.69) is 22.4 Å². The van der Waals surface area contributed by atoms with E-state index < -0.39 is 5.60 Å². The molecule has 2 amide bonds. The minimum atomic E-state index is -0.593. The van der Waals surface area contributed by atoms with Gasteiger partial charge in [0, 0.05) is 23.0 Å². The zero-order valence-electron chi connectivity index (χ0n) is 19.4. The Balaban J connectivity index is 1.22. The minimum Gasteiger partial charge on any atom is -0.441 e. The maximum absolute atomic E-state index is 12.9. The summed E-state index contributed by atoms with van der Waals surface area (Å²) in [6.45, 7) is 3.96. The molecule has 0 radical (unpaired) electrons. The van der Waals surface area contributed by atoms with Crippen molar-refractivity contribution in [2.45, 2.75) is 63.3 Å². The molecule has 0 unspecified atom stereocenters. The fourth-order valence-electron chi connectivity index (χ4n) is 5.18. The van der Waals surface area contributed by atoms with Gasteiger partial charge in [-0.15, -0.1) is 11.3 Å². The first-order valence-electron chi connectivity index (χ1n) is 11.8. The zero-order valence-corrected chi connectivity index (χ0v) is 20.3. The molecule has 1 N–H and O–H groups in total. The molecule has 1 saturated carbocycles. The standard InChI is InChI=1S/C27H29N3O3S/c1-27(2)23(18-9-5-3-6-10-18)30(26(32)33-27)21-15-13-20(14-16-21)28-24(31)22-17-34-25(29-22)19-11-7-4-8-12-19/h3-12,17,20-21,23H,13-16H2,1-2H3,(H,28,31)/t20?,21?,23-/m0/s1. The molecular weight excluding hydrogens is 446 g/mol. The van der Waals surface area contributed by atoms with Crippen LogP contribution in [0.2, 0.25) is 0 Å². The van der Waals surface area contributed by atoms with Crippen LogP contribution in [-0.2, 0) is 4.74 Å². The third-order valence-electron chi connectivity index (χ3n) is 6.80. The Bertz CT molecular complexity index is 1150. The molecule has 2 aromatic carbocycles. The summed E-state index contributed by atoms with van der Waals surface area (Å²) in [5.41, 5.74) is 1.97. The average Bonchev–Trinajstić information content (AvgIpc) is 3.43. The SMILES string of the molecule is CC1(C)OC(=O)N(C2CCC(NC(=O)c3csc(-c4ccccc4)n3)CC2)[C@H]1c1ccccc1. The quantitative estimate of drug-likeness (QED) is 0.504. The third kappa shape index (κ3) is 4.44. The maximum Gasteiger partial charge on any atom is 0.411 e. The number of nitrogens with zero attached hydrogens (tertiary/aromatic N) is 2. The van der Waals surface area contributed by atoms with Gasteiger partial charge in [-0.25, -0.2) is 9.78 Å². The van der Waals surface area contributed by atoms with Crippen molar-refractivity contribution in [2.75, 3.05) is 0 Å². The van der Waals surface area contributed by atoms with Crippen molar-refractivity contribution in [2.24, 2.45) is 0 Å². The summed E-state index contributed by atoms with van der Waals surface area (Å²) >= 11 is 1.48. The number of hydrogen-bond donors (Lipinski definition) is 1. The monoisotopic (exact) mass is 475 g/mol. The normalized spacial score (nSPS) is 24.0. The zero-order chi connectivity index (χ0) is 23.7. The van der Waals surface area contributed by atoms with Gasteiger partial charge in [0.2, 0.25) is 0 Å². The van der Waals surface area contributed by atoms with E-state index in [-0.39, 0.29) is 30.1 Å². The van der Waals surface area contributed by atoms with Crippen molar-refractivity contribution in [3.63, 3.8) is 0 Å². The van der Waals surface area contributed by atoms with E-state index in [1.54, 1.807) is 0 Å². The molecule has 1 atom stereocenters. The van der Waals surface area contributed by atoms with Crippen LogP contribution in [-0.4, -0.2) is 39.6 Å². The lowest BCUT2D eigenvalue weighted by Gasteiger charge is -2.38. The number of cyclic esters (lactones) is 1. The van der Waals surface area contributed by atoms with E-state index in [1.807, 2.05) is 72.7 Å². The molecule has 7 heteroatoms.